The van der Waals surface area contributed by atoms with Gasteiger partial charge < -0.3 is 5.32 Å². The van der Waals surface area contributed by atoms with Gasteiger partial charge in [-0.25, -0.2) is 9.31 Å². The Bertz CT molecular complexity index is 1120. The van der Waals surface area contributed by atoms with Gasteiger partial charge >= 0.3 is 0 Å². The van der Waals surface area contributed by atoms with Gasteiger partial charge in [0.25, 0.3) is 0 Å². The van der Waals surface area contributed by atoms with Crippen LogP contribution in [0.2, 0.25) is 0 Å². The standard InChI is InChI=1S/C19H19N7OS/c1-26-10-13(9-20)17(25-26)28(27)19-22-18(23-24-19)21-16-14-6-2-4-11(14)8-12-5-3-7-15(12)16/h8,10H,2-7H2,1H3,(H2,21,22,23,24). The lowest BCUT2D eigenvalue weighted by Crippen LogP contribution is -2.03. The SMILES string of the molecule is Cn1cc(C#N)c(S(=O)c2nc(Nc3c4c(cc5c3CCC5)CCC4)n[nH]2)n1. The van der Waals surface area contributed by atoms with Gasteiger partial charge in [0.1, 0.15) is 22.4 Å². The third kappa shape index (κ3) is 2.72. The summed E-state index contributed by atoms with van der Waals surface area (Å²) < 4.78 is 14.3. The summed E-state index contributed by atoms with van der Waals surface area (Å²) in [7, 11) is -0.0106. The molecule has 1 aromatic carbocycles. The number of benzene rings is 1. The van der Waals surface area contributed by atoms with Crippen molar-refractivity contribution in [1.82, 2.24) is 25.0 Å². The fraction of sp³-hybridized carbons (Fsp3) is 0.368. The molecule has 0 bridgehead atoms. The minimum Gasteiger partial charge on any atom is -0.322 e. The molecule has 2 aliphatic rings. The first-order valence-electron chi connectivity index (χ1n) is 9.35. The van der Waals surface area contributed by atoms with Crippen LogP contribution < -0.4 is 5.32 Å². The second-order valence-electron chi connectivity index (χ2n) is 7.23. The molecule has 0 saturated carbocycles. The minimum atomic E-state index is -1.70. The maximum absolute atomic E-state index is 12.8. The van der Waals surface area contributed by atoms with Crippen LogP contribution in [0.15, 0.2) is 22.4 Å². The van der Waals surface area contributed by atoms with E-state index in [1.165, 1.54) is 39.8 Å². The van der Waals surface area contributed by atoms with E-state index in [0.717, 1.165) is 31.4 Å². The highest BCUT2D eigenvalue weighted by molar-refractivity contribution is 7.84. The molecule has 9 heteroatoms. The fourth-order valence-corrected chi connectivity index (χ4v) is 5.22. The summed E-state index contributed by atoms with van der Waals surface area (Å²) in [6.45, 7) is 0. The lowest BCUT2D eigenvalue weighted by atomic mass is 9.99. The molecule has 2 heterocycles. The Hall–Kier alpha value is -2.99. The van der Waals surface area contributed by atoms with Gasteiger partial charge in [-0.15, -0.1) is 5.10 Å². The predicted molar refractivity (Wildman–Crippen MR) is 103 cm³/mol. The second-order valence-corrected chi connectivity index (χ2v) is 8.54. The zero-order chi connectivity index (χ0) is 19.3. The van der Waals surface area contributed by atoms with Crippen molar-refractivity contribution < 1.29 is 4.21 Å². The van der Waals surface area contributed by atoms with Crippen molar-refractivity contribution in [3.63, 3.8) is 0 Å². The number of fused-ring (bicyclic) bond motifs is 2. The molecule has 8 nitrogen and oxygen atoms in total. The van der Waals surface area contributed by atoms with E-state index in [-0.39, 0.29) is 15.7 Å². The van der Waals surface area contributed by atoms with Gasteiger partial charge in [-0.05, 0) is 60.8 Å². The molecule has 2 aliphatic carbocycles. The maximum atomic E-state index is 12.8. The topological polar surface area (TPSA) is 112 Å². The average Bonchev–Trinajstić information content (AvgIpc) is 3.46. The first kappa shape index (κ1) is 17.1. The third-order valence-electron chi connectivity index (χ3n) is 5.44. The molecule has 2 N–H and O–H groups in total. The molecular weight excluding hydrogens is 374 g/mol. The van der Waals surface area contributed by atoms with Crippen molar-refractivity contribution in [1.29, 1.82) is 5.26 Å². The quantitative estimate of drug-likeness (QED) is 0.703. The molecule has 0 radical (unpaired) electrons. The van der Waals surface area contributed by atoms with Crippen molar-refractivity contribution in [2.24, 2.45) is 7.05 Å². The molecule has 142 valence electrons. The van der Waals surface area contributed by atoms with E-state index in [1.807, 2.05) is 6.07 Å². The number of anilines is 2. The summed E-state index contributed by atoms with van der Waals surface area (Å²) in [6.07, 6.45) is 8.26. The molecule has 0 aliphatic heterocycles. The van der Waals surface area contributed by atoms with Crippen molar-refractivity contribution in [3.05, 3.63) is 40.1 Å². The number of nitriles is 1. The molecule has 28 heavy (non-hydrogen) atoms. The summed E-state index contributed by atoms with van der Waals surface area (Å²) in [5, 5.41) is 24.1. The summed E-state index contributed by atoms with van der Waals surface area (Å²) in [5.41, 5.74) is 6.98. The molecule has 1 unspecified atom stereocenters. The largest absolute Gasteiger partial charge is 0.322 e. The summed E-state index contributed by atoms with van der Waals surface area (Å²) in [6, 6.07) is 4.39. The Balaban J connectivity index is 1.47. The van der Waals surface area contributed by atoms with Crippen LogP contribution in [0, 0.1) is 11.3 Å². The van der Waals surface area contributed by atoms with Crippen LogP contribution >= 0.6 is 0 Å². The van der Waals surface area contributed by atoms with Crippen molar-refractivity contribution in [2.75, 3.05) is 5.32 Å². The van der Waals surface area contributed by atoms with Gasteiger partial charge in [0.2, 0.25) is 11.1 Å². The summed E-state index contributed by atoms with van der Waals surface area (Å²) in [4.78, 5) is 4.38. The van der Waals surface area contributed by atoms with Crippen LogP contribution in [0.3, 0.4) is 0 Å². The maximum Gasteiger partial charge on any atom is 0.247 e. The summed E-state index contributed by atoms with van der Waals surface area (Å²) in [5.74, 6) is 0.396. The number of aromatic amines is 1. The Morgan fingerprint density at radius 2 is 1.93 bits per heavy atom. The average molecular weight is 393 g/mol. The zero-order valence-electron chi connectivity index (χ0n) is 15.4. The molecule has 1 atom stereocenters. The number of nitrogens with zero attached hydrogens (tertiary/aromatic N) is 5. The molecule has 5 rings (SSSR count). The van der Waals surface area contributed by atoms with Crippen molar-refractivity contribution in [2.45, 2.75) is 48.7 Å². The summed E-state index contributed by atoms with van der Waals surface area (Å²) >= 11 is 0. The number of nitrogens with one attached hydrogen (secondary N) is 2. The normalized spacial score (nSPS) is 15.9. The van der Waals surface area contributed by atoms with E-state index >= 15 is 0 Å². The van der Waals surface area contributed by atoms with Crippen LogP contribution in [0.1, 0.15) is 40.7 Å². The van der Waals surface area contributed by atoms with Crippen molar-refractivity contribution >= 4 is 22.4 Å². The van der Waals surface area contributed by atoms with Crippen LogP contribution in [0.25, 0.3) is 0 Å². The highest BCUT2D eigenvalue weighted by Crippen LogP contribution is 2.39. The van der Waals surface area contributed by atoms with Gasteiger partial charge in [-0.3, -0.25) is 4.68 Å². The van der Waals surface area contributed by atoms with E-state index < -0.39 is 10.8 Å². The van der Waals surface area contributed by atoms with E-state index in [0.29, 0.717) is 5.95 Å². The van der Waals surface area contributed by atoms with Crippen LogP contribution in [-0.2, 0) is 43.5 Å². The van der Waals surface area contributed by atoms with Gasteiger partial charge in [0.05, 0.1) is 0 Å². The highest BCUT2D eigenvalue weighted by atomic mass is 32.2. The smallest absolute Gasteiger partial charge is 0.247 e. The highest BCUT2D eigenvalue weighted by Gasteiger charge is 2.25. The molecule has 0 fully saturated rings. The van der Waals surface area contributed by atoms with Gasteiger partial charge in [0.15, 0.2) is 5.03 Å². The number of hydrogen-bond acceptors (Lipinski definition) is 6. The predicted octanol–water partition coefficient (Wildman–Crippen LogP) is 2.30. The lowest BCUT2D eigenvalue weighted by molar-refractivity contribution is 0.665. The Kier molecular flexibility index (Phi) is 4.02. The molecular formula is C19H19N7OS. The lowest BCUT2D eigenvalue weighted by Gasteiger charge is -2.15. The molecule has 2 aromatic heterocycles. The van der Waals surface area contributed by atoms with E-state index in [4.69, 9.17) is 0 Å². The van der Waals surface area contributed by atoms with E-state index in [1.54, 1.807) is 13.2 Å². The minimum absolute atomic E-state index is 0.182. The number of rotatable bonds is 4. The molecule has 0 spiro atoms. The van der Waals surface area contributed by atoms with E-state index in [9.17, 15) is 9.47 Å². The first-order valence-corrected chi connectivity index (χ1v) is 10.5. The Morgan fingerprint density at radius 3 is 2.61 bits per heavy atom. The number of hydrogen-bond donors (Lipinski definition) is 2. The van der Waals surface area contributed by atoms with Crippen LogP contribution in [0.5, 0.6) is 0 Å². The molecule has 0 saturated heterocycles. The third-order valence-corrected chi connectivity index (χ3v) is 6.63. The Morgan fingerprint density at radius 1 is 1.21 bits per heavy atom. The van der Waals surface area contributed by atoms with Crippen LogP contribution in [-0.4, -0.2) is 29.2 Å². The molecule has 3 aromatic rings. The van der Waals surface area contributed by atoms with Gasteiger partial charge in [-0.2, -0.15) is 15.3 Å². The van der Waals surface area contributed by atoms with Gasteiger partial charge in [-0.1, -0.05) is 6.07 Å². The monoisotopic (exact) mass is 393 g/mol. The van der Waals surface area contributed by atoms with Crippen LogP contribution in [0.4, 0.5) is 11.6 Å². The number of H-pyrrole nitrogens is 1. The second kappa shape index (κ2) is 6.56. The fourth-order valence-electron chi connectivity index (χ4n) is 4.24. The van der Waals surface area contributed by atoms with E-state index in [2.05, 4.69) is 31.7 Å². The Labute approximate surface area is 164 Å². The first-order chi connectivity index (χ1) is 13.6. The van der Waals surface area contributed by atoms with Gasteiger partial charge in [0, 0.05) is 18.9 Å². The van der Waals surface area contributed by atoms with Crippen molar-refractivity contribution in [3.8, 4) is 6.07 Å². The number of aromatic nitrogens is 5. The number of aryl methyl sites for hydroxylation is 3. The zero-order valence-corrected chi connectivity index (χ0v) is 16.3. The molecule has 0 amide bonds.